The summed E-state index contributed by atoms with van der Waals surface area (Å²) in [6, 6.07) is 0. The second-order valence-corrected chi connectivity index (χ2v) is 4.98. The van der Waals surface area contributed by atoms with Gasteiger partial charge in [-0.05, 0) is 44.4 Å². The van der Waals surface area contributed by atoms with Crippen LogP contribution in [-0.4, -0.2) is 23.9 Å². The zero-order valence-electron chi connectivity index (χ0n) is 7.97. The van der Waals surface area contributed by atoms with E-state index in [9.17, 15) is 0 Å². The van der Waals surface area contributed by atoms with Gasteiger partial charge in [-0.1, -0.05) is 0 Å². The van der Waals surface area contributed by atoms with E-state index >= 15 is 0 Å². The summed E-state index contributed by atoms with van der Waals surface area (Å²) in [5, 5.41) is 9.05. The minimum absolute atomic E-state index is 0.0438. The molecule has 1 N–H and O–H groups in total. The first-order valence-electron chi connectivity index (χ1n) is 4.83. The summed E-state index contributed by atoms with van der Waals surface area (Å²) in [5.74, 6) is 0.570. The molecule has 2 unspecified atom stereocenters. The normalized spacial score (nSPS) is 44.8. The first-order valence-corrected chi connectivity index (χ1v) is 4.83. The van der Waals surface area contributed by atoms with Gasteiger partial charge in [0, 0.05) is 13.2 Å². The van der Waals surface area contributed by atoms with Crippen molar-refractivity contribution in [1.29, 1.82) is 0 Å². The quantitative estimate of drug-likeness (QED) is 0.647. The van der Waals surface area contributed by atoms with Gasteiger partial charge in [0.15, 0.2) is 0 Å². The van der Waals surface area contributed by atoms with E-state index in [1.165, 1.54) is 6.42 Å². The van der Waals surface area contributed by atoms with Gasteiger partial charge in [-0.2, -0.15) is 0 Å². The van der Waals surface area contributed by atoms with Gasteiger partial charge in [0.1, 0.15) is 0 Å². The maximum absolute atomic E-state index is 9.05. The van der Waals surface area contributed by atoms with E-state index in [-0.39, 0.29) is 5.60 Å². The lowest BCUT2D eigenvalue weighted by Crippen LogP contribution is -2.35. The van der Waals surface area contributed by atoms with Crippen LogP contribution in [0.1, 0.15) is 33.1 Å². The maximum Gasteiger partial charge on any atom is 0.0631 e. The van der Waals surface area contributed by atoms with Crippen molar-refractivity contribution in [2.24, 2.45) is 11.3 Å². The highest BCUT2D eigenvalue weighted by molar-refractivity contribution is 5.06. The van der Waals surface area contributed by atoms with Gasteiger partial charge in [-0.25, -0.2) is 0 Å². The first kappa shape index (κ1) is 8.52. The number of aliphatic hydroxyl groups is 1. The molecule has 1 spiro atoms. The molecule has 2 fully saturated rings. The molecule has 0 bridgehead atoms. The van der Waals surface area contributed by atoms with E-state index in [1.807, 2.05) is 0 Å². The van der Waals surface area contributed by atoms with Crippen LogP contribution in [0.4, 0.5) is 0 Å². The Labute approximate surface area is 73.9 Å². The molecule has 0 amide bonds. The summed E-state index contributed by atoms with van der Waals surface area (Å²) < 4.78 is 5.65. The van der Waals surface area contributed by atoms with Crippen molar-refractivity contribution in [1.82, 2.24) is 0 Å². The van der Waals surface area contributed by atoms with Crippen LogP contribution in [0, 0.1) is 11.3 Å². The van der Waals surface area contributed by atoms with Crippen LogP contribution in [0.3, 0.4) is 0 Å². The Morgan fingerprint density at radius 1 is 1.50 bits per heavy atom. The molecule has 1 aliphatic carbocycles. The van der Waals surface area contributed by atoms with Gasteiger partial charge in [-0.3, -0.25) is 0 Å². The lowest BCUT2D eigenvalue weighted by molar-refractivity contribution is -0.0834. The summed E-state index contributed by atoms with van der Waals surface area (Å²) in [7, 11) is 0. The van der Waals surface area contributed by atoms with Gasteiger partial charge < -0.3 is 9.84 Å². The zero-order valence-corrected chi connectivity index (χ0v) is 7.97. The SMILES string of the molecule is CC1(C)CC2(CCO1)CC2CO. The minimum Gasteiger partial charge on any atom is -0.396 e. The van der Waals surface area contributed by atoms with Crippen molar-refractivity contribution in [3.05, 3.63) is 0 Å². The highest BCUT2D eigenvalue weighted by Gasteiger charge is 2.57. The van der Waals surface area contributed by atoms with E-state index < -0.39 is 0 Å². The second-order valence-electron chi connectivity index (χ2n) is 4.98. The van der Waals surface area contributed by atoms with Gasteiger partial charge in [0.25, 0.3) is 0 Å². The van der Waals surface area contributed by atoms with Crippen LogP contribution in [-0.2, 0) is 4.74 Å². The third kappa shape index (κ3) is 1.27. The predicted octanol–water partition coefficient (Wildman–Crippen LogP) is 1.57. The van der Waals surface area contributed by atoms with E-state index in [4.69, 9.17) is 9.84 Å². The van der Waals surface area contributed by atoms with E-state index in [0.717, 1.165) is 19.4 Å². The van der Waals surface area contributed by atoms with Gasteiger partial charge in [-0.15, -0.1) is 0 Å². The monoisotopic (exact) mass is 170 g/mol. The van der Waals surface area contributed by atoms with E-state index in [2.05, 4.69) is 13.8 Å². The molecule has 1 aliphatic heterocycles. The van der Waals surface area contributed by atoms with Crippen molar-refractivity contribution in [3.63, 3.8) is 0 Å². The Morgan fingerprint density at radius 3 is 2.75 bits per heavy atom. The topological polar surface area (TPSA) is 29.5 Å². The van der Waals surface area contributed by atoms with Gasteiger partial charge in [0.2, 0.25) is 0 Å². The third-order valence-electron chi connectivity index (χ3n) is 3.45. The molecule has 1 heterocycles. The highest BCUT2D eigenvalue weighted by atomic mass is 16.5. The Hall–Kier alpha value is -0.0800. The summed E-state index contributed by atoms with van der Waals surface area (Å²) in [5.41, 5.74) is 0.499. The molecule has 2 heteroatoms. The van der Waals surface area contributed by atoms with E-state index in [0.29, 0.717) is 17.9 Å². The summed E-state index contributed by atoms with van der Waals surface area (Å²) in [6.45, 7) is 5.56. The van der Waals surface area contributed by atoms with Gasteiger partial charge in [0.05, 0.1) is 5.60 Å². The van der Waals surface area contributed by atoms with Crippen molar-refractivity contribution < 1.29 is 9.84 Å². The van der Waals surface area contributed by atoms with Crippen molar-refractivity contribution in [2.75, 3.05) is 13.2 Å². The maximum atomic E-state index is 9.05. The lowest BCUT2D eigenvalue weighted by atomic mass is 9.84. The number of aliphatic hydroxyl groups excluding tert-OH is 1. The molecule has 2 atom stereocenters. The molecule has 2 aliphatic rings. The average molecular weight is 170 g/mol. The largest absolute Gasteiger partial charge is 0.396 e. The molecule has 1 saturated carbocycles. The fourth-order valence-corrected chi connectivity index (χ4v) is 2.73. The summed E-state index contributed by atoms with van der Waals surface area (Å²) in [4.78, 5) is 0. The van der Waals surface area contributed by atoms with Crippen LogP contribution in [0.15, 0.2) is 0 Å². The Bertz CT molecular complexity index is 188. The second kappa shape index (κ2) is 2.46. The smallest absolute Gasteiger partial charge is 0.0631 e. The van der Waals surface area contributed by atoms with Crippen LogP contribution in [0.2, 0.25) is 0 Å². The molecule has 0 aromatic rings. The van der Waals surface area contributed by atoms with Crippen molar-refractivity contribution >= 4 is 0 Å². The highest BCUT2D eigenvalue weighted by Crippen LogP contribution is 2.61. The molecule has 1 saturated heterocycles. The Kier molecular flexibility index (Phi) is 1.74. The number of rotatable bonds is 1. The standard InChI is InChI=1S/C10H18O2/c1-9(2)7-10(3-4-12-9)5-8(10)6-11/h8,11H,3-7H2,1-2H3. The van der Waals surface area contributed by atoms with E-state index in [1.54, 1.807) is 0 Å². The fraction of sp³-hybridized carbons (Fsp3) is 1.00. The molecule has 70 valence electrons. The van der Waals surface area contributed by atoms with Crippen molar-refractivity contribution in [3.8, 4) is 0 Å². The van der Waals surface area contributed by atoms with Crippen LogP contribution >= 0.6 is 0 Å². The fourth-order valence-electron chi connectivity index (χ4n) is 2.73. The molecule has 12 heavy (non-hydrogen) atoms. The molecule has 2 rings (SSSR count). The van der Waals surface area contributed by atoms with Crippen LogP contribution in [0.5, 0.6) is 0 Å². The molecular formula is C10H18O2. The molecule has 0 aromatic carbocycles. The molecular weight excluding hydrogens is 152 g/mol. The zero-order chi connectivity index (χ0) is 8.82. The number of ether oxygens (including phenoxy) is 1. The average Bonchev–Trinajstić information content (AvgIpc) is 2.60. The molecule has 0 radical (unpaired) electrons. The Balaban J connectivity index is 2.01. The van der Waals surface area contributed by atoms with Crippen molar-refractivity contribution in [2.45, 2.75) is 38.7 Å². The first-order chi connectivity index (χ1) is 5.58. The number of hydrogen-bond donors (Lipinski definition) is 1. The van der Waals surface area contributed by atoms with Crippen LogP contribution in [0.25, 0.3) is 0 Å². The lowest BCUT2D eigenvalue weighted by Gasteiger charge is -2.36. The summed E-state index contributed by atoms with van der Waals surface area (Å²) in [6.07, 6.45) is 3.50. The molecule has 0 aromatic heterocycles. The molecule has 2 nitrogen and oxygen atoms in total. The number of hydrogen-bond acceptors (Lipinski definition) is 2. The third-order valence-corrected chi connectivity index (χ3v) is 3.45. The van der Waals surface area contributed by atoms with Gasteiger partial charge >= 0.3 is 0 Å². The minimum atomic E-state index is 0.0438. The van der Waals surface area contributed by atoms with Crippen LogP contribution < -0.4 is 0 Å². The Morgan fingerprint density at radius 2 is 2.25 bits per heavy atom. The predicted molar refractivity (Wildman–Crippen MR) is 46.9 cm³/mol. The summed E-state index contributed by atoms with van der Waals surface area (Å²) >= 11 is 0.